The number of hydrogen-bond acceptors (Lipinski definition) is 3. The lowest BCUT2D eigenvalue weighted by molar-refractivity contribution is -0.118. The second kappa shape index (κ2) is 9.97. The van der Waals surface area contributed by atoms with Crippen molar-refractivity contribution in [1.82, 2.24) is 0 Å². The Morgan fingerprint density at radius 2 is 1.38 bits per heavy atom. The number of benzene rings is 2. The monoisotopic (exact) mass is 412 g/mol. The second-order valence-corrected chi connectivity index (χ2v) is 10.3. The Bertz CT molecular complexity index is 821. The maximum absolute atomic E-state index is 12.5. The molecule has 0 saturated carbocycles. The number of anilines is 2. The number of amides is 2. The number of rotatable bonds is 7. The predicted molar refractivity (Wildman–Crippen MR) is 124 cm³/mol. The van der Waals surface area contributed by atoms with Crippen molar-refractivity contribution in [1.29, 1.82) is 0 Å². The molecule has 0 aromatic heterocycles. The summed E-state index contributed by atoms with van der Waals surface area (Å²) in [4.78, 5) is 25.5. The standard InChI is InChI=1S/C24H32N2O2S/c1-16(2)18-7-9-20(10-8-18)26-23(28)17(3)29-21-13-11-19(12-14-21)25-22(27)15-24(4,5)6/h7-14,16-17H,15H2,1-6H3,(H,25,27)(H,26,28). The highest BCUT2D eigenvalue weighted by molar-refractivity contribution is 8.00. The molecule has 29 heavy (non-hydrogen) atoms. The largest absolute Gasteiger partial charge is 0.326 e. The van der Waals surface area contributed by atoms with E-state index in [1.165, 1.54) is 17.3 Å². The van der Waals surface area contributed by atoms with E-state index in [0.29, 0.717) is 12.3 Å². The van der Waals surface area contributed by atoms with Gasteiger partial charge in [-0.3, -0.25) is 9.59 Å². The molecule has 1 atom stereocenters. The van der Waals surface area contributed by atoms with Crippen molar-refractivity contribution in [2.24, 2.45) is 5.41 Å². The molecule has 5 heteroatoms. The second-order valence-electron chi connectivity index (χ2n) is 8.84. The lowest BCUT2D eigenvalue weighted by Gasteiger charge is -2.17. The van der Waals surface area contributed by atoms with Crippen molar-refractivity contribution in [3.05, 3.63) is 54.1 Å². The van der Waals surface area contributed by atoms with Gasteiger partial charge in [0.15, 0.2) is 0 Å². The summed E-state index contributed by atoms with van der Waals surface area (Å²) in [5.74, 6) is 0.444. The minimum atomic E-state index is -0.235. The molecule has 2 rings (SSSR count). The Labute approximate surface area is 178 Å². The van der Waals surface area contributed by atoms with Gasteiger partial charge >= 0.3 is 0 Å². The Balaban J connectivity index is 1.88. The average Bonchev–Trinajstić information content (AvgIpc) is 2.62. The van der Waals surface area contributed by atoms with Gasteiger partial charge in [-0.15, -0.1) is 11.8 Å². The fourth-order valence-electron chi connectivity index (χ4n) is 2.76. The van der Waals surface area contributed by atoms with Crippen LogP contribution >= 0.6 is 11.8 Å². The Hall–Kier alpha value is -2.27. The van der Waals surface area contributed by atoms with Crippen LogP contribution in [0.2, 0.25) is 0 Å². The van der Waals surface area contributed by atoms with Gasteiger partial charge in [-0.25, -0.2) is 0 Å². The number of nitrogens with one attached hydrogen (secondary N) is 2. The molecule has 2 aromatic rings. The maximum Gasteiger partial charge on any atom is 0.237 e. The molecule has 2 aromatic carbocycles. The van der Waals surface area contributed by atoms with Crippen molar-refractivity contribution in [3.8, 4) is 0 Å². The summed E-state index contributed by atoms with van der Waals surface area (Å²) in [5.41, 5.74) is 2.78. The first-order valence-electron chi connectivity index (χ1n) is 10.0. The molecule has 0 saturated heterocycles. The van der Waals surface area contributed by atoms with Crippen LogP contribution in [0.5, 0.6) is 0 Å². The van der Waals surface area contributed by atoms with Crippen LogP contribution in [0, 0.1) is 5.41 Å². The van der Waals surface area contributed by atoms with Gasteiger partial charge in [-0.05, 0) is 60.2 Å². The summed E-state index contributed by atoms with van der Waals surface area (Å²) in [7, 11) is 0. The SMILES string of the molecule is CC(Sc1ccc(NC(=O)CC(C)(C)C)cc1)C(=O)Nc1ccc(C(C)C)cc1. The van der Waals surface area contributed by atoms with Crippen LogP contribution in [0.1, 0.15) is 59.4 Å². The fourth-order valence-corrected chi connectivity index (χ4v) is 3.62. The average molecular weight is 413 g/mol. The molecular weight excluding hydrogens is 380 g/mol. The quantitative estimate of drug-likeness (QED) is 0.524. The van der Waals surface area contributed by atoms with E-state index in [0.717, 1.165) is 16.3 Å². The van der Waals surface area contributed by atoms with E-state index in [4.69, 9.17) is 0 Å². The van der Waals surface area contributed by atoms with Gasteiger partial charge in [0, 0.05) is 22.7 Å². The summed E-state index contributed by atoms with van der Waals surface area (Å²) in [6.07, 6.45) is 0.471. The normalized spacial score (nSPS) is 12.5. The maximum atomic E-state index is 12.5. The fraction of sp³-hybridized carbons (Fsp3) is 0.417. The van der Waals surface area contributed by atoms with Gasteiger partial charge in [-0.1, -0.05) is 46.8 Å². The van der Waals surface area contributed by atoms with Gasteiger partial charge in [0.05, 0.1) is 5.25 Å². The third-order valence-corrected chi connectivity index (χ3v) is 5.47. The predicted octanol–water partition coefficient (Wildman–Crippen LogP) is 6.30. The molecule has 0 aliphatic rings. The molecule has 0 aliphatic carbocycles. The topological polar surface area (TPSA) is 58.2 Å². The van der Waals surface area contributed by atoms with Crippen LogP contribution in [0.15, 0.2) is 53.4 Å². The molecule has 2 N–H and O–H groups in total. The lowest BCUT2D eigenvalue weighted by Crippen LogP contribution is -2.22. The Kier molecular flexibility index (Phi) is 7.91. The van der Waals surface area contributed by atoms with Crippen molar-refractivity contribution in [2.45, 2.75) is 64.0 Å². The molecular formula is C24H32N2O2S. The number of carbonyl (C=O) groups excluding carboxylic acids is 2. The first-order valence-corrected chi connectivity index (χ1v) is 10.9. The first-order chi connectivity index (χ1) is 13.5. The summed E-state index contributed by atoms with van der Waals surface area (Å²) in [5, 5.41) is 5.65. The summed E-state index contributed by atoms with van der Waals surface area (Å²) in [6.45, 7) is 12.3. The van der Waals surface area contributed by atoms with Crippen molar-refractivity contribution in [2.75, 3.05) is 10.6 Å². The molecule has 2 amide bonds. The van der Waals surface area contributed by atoms with E-state index >= 15 is 0 Å². The van der Waals surface area contributed by atoms with E-state index in [-0.39, 0.29) is 22.5 Å². The zero-order valence-electron chi connectivity index (χ0n) is 18.2. The molecule has 0 heterocycles. The van der Waals surface area contributed by atoms with Crippen molar-refractivity contribution >= 4 is 35.0 Å². The molecule has 0 spiro atoms. The van der Waals surface area contributed by atoms with Crippen molar-refractivity contribution in [3.63, 3.8) is 0 Å². The zero-order chi connectivity index (χ0) is 21.6. The van der Waals surface area contributed by atoms with Crippen molar-refractivity contribution < 1.29 is 9.59 Å². The zero-order valence-corrected chi connectivity index (χ0v) is 19.0. The Morgan fingerprint density at radius 1 is 0.862 bits per heavy atom. The molecule has 156 valence electrons. The van der Waals surface area contributed by atoms with E-state index in [1.54, 1.807) is 0 Å². The van der Waals surface area contributed by atoms with Crippen LogP contribution in [0.4, 0.5) is 11.4 Å². The lowest BCUT2D eigenvalue weighted by atomic mass is 9.92. The molecule has 0 radical (unpaired) electrons. The minimum absolute atomic E-state index is 0.00846. The van der Waals surface area contributed by atoms with Crippen LogP contribution in [0.25, 0.3) is 0 Å². The van der Waals surface area contributed by atoms with E-state index in [2.05, 4.69) is 24.5 Å². The number of thioether (sulfide) groups is 1. The molecule has 0 aliphatic heterocycles. The molecule has 4 nitrogen and oxygen atoms in total. The Morgan fingerprint density at radius 3 is 1.90 bits per heavy atom. The summed E-state index contributed by atoms with van der Waals surface area (Å²) < 4.78 is 0. The summed E-state index contributed by atoms with van der Waals surface area (Å²) >= 11 is 1.49. The van der Waals surface area contributed by atoms with Crippen LogP contribution in [-0.2, 0) is 9.59 Å². The third kappa shape index (κ3) is 7.94. The number of carbonyl (C=O) groups is 2. The van der Waals surface area contributed by atoms with Gasteiger partial charge in [0.2, 0.25) is 11.8 Å². The van der Waals surface area contributed by atoms with E-state index < -0.39 is 0 Å². The van der Waals surface area contributed by atoms with E-state index in [9.17, 15) is 9.59 Å². The first kappa shape index (κ1) is 23.0. The summed E-state index contributed by atoms with van der Waals surface area (Å²) in [6, 6.07) is 15.6. The van der Waals surface area contributed by atoms with E-state index in [1.807, 2.05) is 76.2 Å². The molecule has 0 fully saturated rings. The highest BCUT2D eigenvalue weighted by Gasteiger charge is 2.17. The highest BCUT2D eigenvalue weighted by Crippen LogP contribution is 2.26. The van der Waals surface area contributed by atoms with Gasteiger partial charge in [-0.2, -0.15) is 0 Å². The smallest absolute Gasteiger partial charge is 0.237 e. The van der Waals surface area contributed by atoms with Gasteiger partial charge in [0.1, 0.15) is 0 Å². The van der Waals surface area contributed by atoms with Gasteiger partial charge in [0.25, 0.3) is 0 Å². The molecule has 1 unspecified atom stereocenters. The van der Waals surface area contributed by atoms with Gasteiger partial charge < -0.3 is 10.6 Å². The van der Waals surface area contributed by atoms with Crippen LogP contribution in [-0.4, -0.2) is 17.1 Å². The third-order valence-electron chi connectivity index (χ3n) is 4.36. The van der Waals surface area contributed by atoms with Crippen LogP contribution < -0.4 is 10.6 Å². The number of hydrogen-bond donors (Lipinski definition) is 2. The molecule has 0 bridgehead atoms. The minimum Gasteiger partial charge on any atom is -0.326 e. The van der Waals surface area contributed by atoms with Crippen LogP contribution in [0.3, 0.4) is 0 Å². The highest BCUT2D eigenvalue weighted by atomic mass is 32.2.